The van der Waals surface area contributed by atoms with Crippen LogP contribution < -0.4 is 11.1 Å². The summed E-state index contributed by atoms with van der Waals surface area (Å²) in [5.74, 6) is 0.185. The molecule has 2 aromatic heterocycles. The highest BCUT2D eigenvalue weighted by Gasteiger charge is 2.21. The molecule has 0 bridgehead atoms. The van der Waals surface area contributed by atoms with E-state index in [-0.39, 0.29) is 29.3 Å². The fourth-order valence-corrected chi connectivity index (χ4v) is 5.35. The van der Waals surface area contributed by atoms with Crippen molar-refractivity contribution >= 4 is 51.6 Å². The maximum Gasteiger partial charge on any atom is 0.226 e. The zero-order valence-electron chi connectivity index (χ0n) is 19.1. The Balaban J connectivity index is 1.47. The molecule has 0 aliphatic rings. The van der Waals surface area contributed by atoms with Gasteiger partial charge in [0, 0.05) is 33.7 Å². The van der Waals surface area contributed by atoms with E-state index in [0.29, 0.717) is 37.8 Å². The van der Waals surface area contributed by atoms with E-state index in [1.54, 1.807) is 6.07 Å². The van der Waals surface area contributed by atoms with Crippen molar-refractivity contribution in [3.63, 3.8) is 0 Å². The van der Waals surface area contributed by atoms with Crippen LogP contribution in [0.5, 0.6) is 0 Å². The molecule has 178 valence electrons. The fourth-order valence-electron chi connectivity index (χ4n) is 3.46. The highest BCUT2D eigenvalue weighted by molar-refractivity contribution is 7.99. The summed E-state index contributed by atoms with van der Waals surface area (Å²) >= 11 is 8.79. The Morgan fingerprint density at radius 3 is 2.53 bits per heavy atom. The van der Waals surface area contributed by atoms with Crippen molar-refractivity contribution in [1.29, 1.82) is 10.5 Å². The number of nitrogen functional groups attached to an aromatic ring is 1. The molecule has 0 aliphatic heterocycles. The van der Waals surface area contributed by atoms with E-state index in [1.165, 1.54) is 23.1 Å². The second kappa shape index (κ2) is 11.2. The van der Waals surface area contributed by atoms with E-state index in [1.807, 2.05) is 54.8 Å². The molecule has 36 heavy (non-hydrogen) atoms. The summed E-state index contributed by atoms with van der Waals surface area (Å²) in [5, 5.41) is 25.6. The number of halogens is 1. The fraction of sp³-hybridized carbons (Fsp3) is 0.115. The summed E-state index contributed by atoms with van der Waals surface area (Å²) in [6, 6.07) is 19.1. The number of thioether (sulfide) groups is 1. The van der Waals surface area contributed by atoms with Crippen molar-refractivity contribution in [1.82, 2.24) is 9.97 Å². The molecule has 1 amide bonds. The molecule has 0 atom stereocenters. The monoisotopic (exact) mass is 530 g/mol. The minimum Gasteiger partial charge on any atom is -0.383 e. The molecule has 3 N–H and O–H groups in total. The smallest absolute Gasteiger partial charge is 0.226 e. The van der Waals surface area contributed by atoms with Gasteiger partial charge in [0.1, 0.15) is 28.5 Å². The Kier molecular flexibility index (Phi) is 7.87. The third kappa shape index (κ3) is 5.50. The van der Waals surface area contributed by atoms with Crippen LogP contribution in [0, 0.1) is 29.6 Å². The van der Waals surface area contributed by atoms with Gasteiger partial charge in [-0.15, -0.1) is 23.1 Å². The topological polar surface area (TPSA) is 128 Å². The minimum absolute atomic E-state index is 0.0499. The quantitative estimate of drug-likeness (QED) is 0.269. The van der Waals surface area contributed by atoms with Gasteiger partial charge < -0.3 is 11.1 Å². The molecule has 0 saturated carbocycles. The van der Waals surface area contributed by atoms with Crippen LogP contribution in [0.1, 0.15) is 23.1 Å². The second-order valence-corrected chi connectivity index (χ2v) is 10.0. The highest BCUT2D eigenvalue weighted by atomic mass is 35.5. The largest absolute Gasteiger partial charge is 0.383 e. The van der Waals surface area contributed by atoms with E-state index in [4.69, 9.17) is 17.3 Å². The van der Waals surface area contributed by atoms with Crippen LogP contribution in [-0.4, -0.2) is 21.6 Å². The number of nitriles is 2. The van der Waals surface area contributed by atoms with E-state index in [9.17, 15) is 15.3 Å². The van der Waals surface area contributed by atoms with Crippen LogP contribution in [0.15, 0.2) is 58.9 Å². The van der Waals surface area contributed by atoms with Crippen molar-refractivity contribution in [2.75, 3.05) is 16.8 Å². The van der Waals surface area contributed by atoms with Gasteiger partial charge >= 0.3 is 0 Å². The summed E-state index contributed by atoms with van der Waals surface area (Å²) in [6.45, 7) is 1.96. The number of nitrogens with two attached hydrogens (primary N) is 1. The van der Waals surface area contributed by atoms with Crippen molar-refractivity contribution in [2.45, 2.75) is 18.4 Å². The van der Waals surface area contributed by atoms with Gasteiger partial charge in [-0.1, -0.05) is 59.6 Å². The van der Waals surface area contributed by atoms with E-state index in [2.05, 4.69) is 27.4 Å². The third-order valence-corrected chi connectivity index (χ3v) is 7.29. The van der Waals surface area contributed by atoms with Crippen LogP contribution in [0.4, 0.5) is 10.9 Å². The molecule has 10 heteroatoms. The first kappa shape index (κ1) is 25.2. The molecule has 0 aliphatic carbocycles. The SMILES string of the molecule is Cc1ccc(-c2c(C#N)c(N)nc(SCCC(=O)Nc3nc(-c4ccccc4Cl)cs3)c2C#N)cc1. The van der Waals surface area contributed by atoms with Gasteiger partial charge in [-0.2, -0.15) is 10.5 Å². The molecule has 2 aromatic carbocycles. The molecule has 4 rings (SSSR count). The van der Waals surface area contributed by atoms with Crippen LogP contribution >= 0.6 is 34.7 Å². The summed E-state index contributed by atoms with van der Waals surface area (Å²) in [7, 11) is 0. The number of carbonyl (C=O) groups excluding carboxylic acids is 1. The standard InChI is InChI=1S/C26H19ClN6OS2/c1-15-6-8-16(9-7-15)23-18(12-28)24(30)33-25(19(23)13-29)35-11-10-22(34)32-26-31-21(14-36-26)17-4-2-3-5-20(17)27/h2-9,14H,10-11H2,1H3,(H2,30,33)(H,31,32,34). The van der Waals surface area contributed by atoms with Crippen LogP contribution in [-0.2, 0) is 4.79 Å². The van der Waals surface area contributed by atoms with Gasteiger partial charge in [-0.3, -0.25) is 4.79 Å². The first-order valence-corrected chi connectivity index (χ1v) is 13.0. The number of hydrogen-bond donors (Lipinski definition) is 2. The van der Waals surface area contributed by atoms with Crippen molar-refractivity contribution in [3.8, 4) is 34.5 Å². The van der Waals surface area contributed by atoms with Crippen molar-refractivity contribution in [2.24, 2.45) is 0 Å². The molecule has 0 spiro atoms. The normalized spacial score (nSPS) is 10.4. The second-order valence-electron chi connectivity index (χ2n) is 7.68. The predicted molar refractivity (Wildman–Crippen MR) is 145 cm³/mol. The molecule has 7 nitrogen and oxygen atoms in total. The van der Waals surface area contributed by atoms with Gasteiger partial charge in [0.05, 0.1) is 11.3 Å². The Bertz CT molecular complexity index is 1520. The molecule has 4 aromatic rings. The molecule has 0 radical (unpaired) electrons. The Morgan fingerprint density at radius 1 is 1.11 bits per heavy atom. The minimum atomic E-state index is -0.221. The summed E-state index contributed by atoms with van der Waals surface area (Å²) < 4.78 is 0. The number of nitrogens with zero attached hydrogens (tertiary/aromatic N) is 4. The number of hydrogen-bond acceptors (Lipinski definition) is 8. The number of aromatic nitrogens is 2. The average Bonchev–Trinajstić information content (AvgIpc) is 3.32. The van der Waals surface area contributed by atoms with E-state index >= 15 is 0 Å². The van der Waals surface area contributed by atoms with E-state index < -0.39 is 0 Å². The predicted octanol–water partition coefficient (Wildman–Crippen LogP) is 6.28. The number of pyridine rings is 1. The molecular weight excluding hydrogens is 512 g/mol. The first-order chi connectivity index (χ1) is 17.4. The lowest BCUT2D eigenvalue weighted by Crippen LogP contribution is -2.12. The van der Waals surface area contributed by atoms with Gasteiger partial charge in [-0.25, -0.2) is 9.97 Å². The molecule has 0 unspecified atom stereocenters. The number of rotatable bonds is 7. The molecule has 0 saturated heterocycles. The number of carbonyl (C=O) groups is 1. The number of amides is 1. The average molecular weight is 531 g/mol. The lowest BCUT2D eigenvalue weighted by Gasteiger charge is -2.13. The highest BCUT2D eigenvalue weighted by Crippen LogP contribution is 2.36. The van der Waals surface area contributed by atoms with Gasteiger partial charge in [0.25, 0.3) is 0 Å². The summed E-state index contributed by atoms with van der Waals surface area (Å²) in [4.78, 5) is 21.3. The Morgan fingerprint density at radius 2 is 1.83 bits per heavy atom. The maximum atomic E-state index is 12.5. The molecule has 2 heterocycles. The zero-order valence-corrected chi connectivity index (χ0v) is 21.5. The number of aryl methyl sites for hydroxylation is 1. The number of thiazole rings is 1. The number of nitrogens with one attached hydrogen (secondary N) is 1. The van der Waals surface area contributed by atoms with Gasteiger partial charge in [0.15, 0.2) is 5.13 Å². The summed E-state index contributed by atoms with van der Waals surface area (Å²) in [6.07, 6.45) is 0.165. The summed E-state index contributed by atoms with van der Waals surface area (Å²) in [5.41, 5.74) is 10.2. The Labute approximate surface area is 221 Å². The van der Waals surface area contributed by atoms with Crippen molar-refractivity contribution in [3.05, 3.63) is 75.6 Å². The third-order valence-electron chi connectivity index (χ3n) is 5.22. The first-order valence-electron chi connectivity index (χ1n) is 10.7. The van der Waals surface area contributed by atoms with Crippen LogP contribution in [0.3, 0.4) is 0 Å². The number of anilines is 2. The Hall–Kier alpha value is -3.89. The zero-order chi connectivity index (χ0) is 25.7. The van der Waals surface area contributed by atoms with Crippen LogP contribution in [0.2, 0.25) is 5.02 Å². The van der Waals surface area contributed by atoms with Gasteiger partial charge in [0.2, 0.25) is 5.91 Å². The molecular formula is C26H19ClN6OS2. The maximum absolute atomic E-state index is 12.5. The number of benzene rings is 2. The van der Waals surface area contributed by atoms with E-state index in [0.717, 1.165) is 11.1 Å². The molecule has 0 fully saturated rings. The lowest BCUT2D eigenvalue weighted by atomic mass is 9.96. The lowest BCUT2D eigenvalue weighted by molar-refractivity contribution is -0.115. The van der Waals surface area contributed by atoms with Gasteiger partial charge in [-0.05, 0) is 18.6 Å². The van der Waals surface area contributed by atoms with Crippen molar-refractivity contribution < 1.29 is 4.79 Å². The van der Waals surface area contributed by atoms with Crippen LogP contribution in [0.25, 0.3) is 22.4 Å².